The molecule has 1 heterocycles. The van der Waals surface area contributed by atoms with Crippen LogP contribution in [0.4, 0.5) is 0 Å². The first kappa shape index (κ1) is 9.01. The lowest BCUT2D eigenvalue weighted by Gasteiger charge is -2.51. The zero-order valence-corrected chi connectivity index (χ0v) is 7.81. The molecule has 0 saturated carbocycles. The third-order valence-electron chi connectivity index (χ3n) is 2.97. The van der Waals surface area contributed by atoms with E-state index in [-0.39, 0.29) is 0 Å². The summed E-state index contributed by atoms with van der Waals surface area (Å²) in [6.45, 7) is 9.38. The van der Waals surface area contributed by atoms with Crippen molar-refractivity contribution in [1.29, 1.82) is 0 Å². The Hall–Kier alpha value is -0.0800. The summed E-state index contributed by atoms with van der Waals surface area (Å²) in [7, 11) is 0. The molecule has 2 nitrogen and oxygen atoms in total. The molecule has 66 valence electrons. The smallest absolute Gasteiger partial charge is 0.0550 e. The van der Waals surface area contributed by atoms with Gasteiger partial charge in [-0.25, -0.2) is 0 Å². The third kappa shape index (κ3) is 1.42. The van der Waals surface area contributed by atoms with Gasteiger partial charge >= 0.3 is 0 Å². The molecule has 0 aromatic rings. The highest BCUT2D eigenvalue weighted by Crippen LogP contribution is 2.46. The molecule has 0 amide bonds. The second-order valence-corrected chi connectivity index (χ2v) is 4.56. The molecule has 0 bridgehead atoms. The minimum Gasteiger partial charge on any atom is -0.380 e. The van der Waals surface area contributed by atoms with Gasteiger partial charge in [0, 0.05) is 5.41 Å². The monoisotopic (exact) mass is 157 g/mol. The van der Waals surface area contributed by atoms with Crippen molar-refractivity contribution >= 4 is 0 Å². The highest BCUT2D eigenvalue weighted by Gasteiger charge is 2.47. The molecule has 0 aromatic heterocycles. The van der Waals surface area contributed by atoms with Gasteiger partial charge in [-0.2, -0.15) is 0 Å². The van der Waals surface area contributed by atoms with Crippen LogP contribution in [0.5, 0.6) is 0 Å². The maximum atomic E-state index is 5.57. The first-order valence-corrected chi connectivity index (χ1v) is 4.30. The first-order chi connectivity index (χ1) is 5.02. The van der Waals surface area contributed by atoms with Crippen LogP contribution < -0.4 is 5.73 Å². The molecule has 0 aliphatic carbocycles. The Morgan fingerprint density at radius 3 is 2.00 bits per heavy atom. The summed E-state index contributed by atoms with van der Waals surface area (Å²) in [4.78, 5) is 0. The number of ether oxygens (including phenoxy) is 1. The van der Waals surface area contributed by atoms with Crippen molar-refractivity contribution in [2.45, 2.75) is 27.2 Å². The standard InChI is InChI=1S/C9H19NO/c1-8(2,3)9(4-5-10)6-11-7-9/h4-7,10H2,1-3H3. The van der Waals surface area contributed by atoms with Crippen molar-refractivity contribution in [2.75, 3.05) is 19.8 Å². The third-order valence-corrected chi connectivity index (χ3v) is 2.97. The second kappa shape index (κ2) is 2.76. The van der Waals surface area contributed by atoms with E-state index in [4.69, 9.17) is 10.5 Å². The number of rotatable bonds is 2. The molecule has 0 atom stereocenters. The van der Waals surface area contributed by atoms with E-state index in [0.29, 0.717) is 10.8 Å². The lowest BCUT2D eigenvalue weighted by Crippen LogP contribution is -2.52. The summed E-state index contributed by atoms with van der Waals surface area (Å²) in [6.07, 6.45) is 1.09. The highest BCUT2D eigenvalue weighted by atomic mass is 16.5. The molecular weight excluding hydrogens is 138 g/mol. The number of hydrogen-bond donors (Lipinski definition) is 1. The van der Waals surface area contributed by atoms with Crippen LogP contribution >= 0.6 is 0 Å². The summed E-state index contributed by atoms with van der Waals surface area (Å²) < 4.78 is 5.26. The second-order valence-electron chi connectivity index (χ2n) is 4.56. The Kier molecular flexibility index (Phi) is 2.26. The van der Waals surface area contributed by atoms with Crippen LogP contribution in [0.2, 0.25) is 0 Å². The number of hydrogen-bond acceptors (Lipinski definition) is 2. The molecule has 1 fully saturated rings. The van der Waals surface area contributed by atoms with Crippen LogP contribution in [0.1, 0.15) is 27.2 Å². The fraction of sp³-hybridized carbons (Fsp3) is 1.00. The SMILES string of the molecule is CC(C)(C)C1(CCN)COC1. The molecule has 0 aromatic carbocycles. The minimum atomic E-state index is 0.338. The van der Waals surface area contributed by atoms with E-state index in [9.17, 15) is 0 Å². The van der Waals surface area contributed by atoms with Gasteiger partial charge in [0.15, 0.2) is 0 Å². The Morgan fingerprint density at radius 1 is 1.36 bits per heavy atom. The van der Waals surface area contributed by atoms with Crippen molar-refractivity contribution < 1.29 is 4.74 Å². The van der Waals surface area contributed by atoms with Gasteiger partial charge in [0.05, 0.1) is 13.2 Å². The summed E-state index contributed by atoms with van der Waals surface area (Å²) in [5, 5.41) is 0. The van der Waals surface area contributed by atoms with E-state index in [1.54, 1.807) is 0 Å². The van der Waals surface area contributed by atoms with E-state index in [0.717, 1.165) is 26.2 Å². The molecular formula is C9H19NO. The van der Waals surface area contributed by atoms with Crippen LogP contribution in [0.15, 0.2) is 0 Å². The van der Waals surface area contributed by atoms with Crippen LogP contribution in [0.3, 0.4) is 0 Å². The predicted octanol–water partition coefficient (Wildman–Crippen LogP) is 1.40. The molecule has 1 rings (SSSR count). The van der Waals surface area contributed by atoms with Crippen LogP contribution in [0.25, 0.3) is 0 Å². The molecule has 1 aliphatic heterocycles. The van der Waals surface area contributed by atoms with E-state index in [1.165, 1.54) is 0 Å². The molecule has 11 heavy (non-hydrogen) atoms. The molecule has 0 unspecified atom stereocenters. The lowest BCUT2D eigenvalue weighted by molar-refractivity contribution is -0.172. The first-order valence-electron chi connectivity index (χ1n) is 4.30. The van der Waals surface area contributed by atoms with Gasteiger partial charge in [-0.05, 0) is 18.4 Å². The van der Waals surface area contributed by atoms with Gasteiger partial charge in [0.1, 0.15) is 0 Å². The van der Waals surface area contributed by atoms with Gasteiger partial charge in [-0.1, -0.05) is 20.8 Å². The van der Waals surface area contributed by atoms with Crippen molar-refractivity contribution in [1.82, 2.24) is 0 Å². The van der Waals surface area contributed by atoms with Gasteiger partial charge in [-0.3, -0.25) is 0 Å². The van der Waals surface area contributed by atoms with Crippen molar-refractivity contribution in [3.8, 4) is 0 Å². The Morgan fingerprint density at radius 2 is 1.91 bits per heavy atom. The van der Waals surface area contributed by atoms with Crippen molar-refractivity contribution in [2.24, 2.45) is 16.6 Å². The molecule has 2 N–H and O–H groups in total. The Bertz CT molecular complexity index is 133. The maximum Gasteiger partial charge on any atom is 0.0550 e. The largest absolute Gasteiger partial charge is 0.380 e. The molecule has 1 aliphatic rings. The Balaban J connectivity index is 2.60. The van der Waals surface area contributed by atoms with Gasteiger partial charge in [-0.15, -0.1) is 0 Å². The van der Waals surface area contributed by atoms with Crippen LogP contribution in [0, 0.1) is 10.8 Å². The minimum absolute atomic E-state index is 0.338. The van der Waals surface area contributed by atoms with E-state index < -0.39 is 0 Å². The Labute approximate surface area is 69.1 Å². The molecule has 0 spiro atoms. The summed E-state index contributed by atoms with van der Waals surface area (Å²) in [5.41, 5.74) is 6.27. The predicted molar refractivity (Wildman–Crippen MR) is 46.4 cm³/mol. The summed E-state index contributed by atoms with van der Waals surface area (Å²) >= 11 is 0. The summed E-state index contributed by atoms with van der Waals surface area (Å²) in [6, 6.07) is 0. The quantitative estimate of drug-likeness (QED) is 0.657. The number of nitrogens with two attached hydrogens (primary N) is 1. The zero-order valence-electron chi connectivity index (χ0n) is 7.81. The topological polar surface area (TPSA) is 35.2 Å². The average Bonchev–Trinajstić information content (AvgIpc) is 1.75. The fourth-order valence-corrected chi connectivity index (χ4v) is 1.58. The van der Waals surface area contributed by atoms with Crippen molar-refractivity contribution in [3.05, 3.63) is 0 Å². The van der Waals surface area contributed by atoms with Crippen molar-refractivity contribution in [3.63, 3.8) is 0 Å². The van der Waals surface area contributed by atoms with Crippen LogP contribution in [-0.4, -0.2) is 19.8 Å². The van der Waals surface area contributed by atoms with E-state index in [1.807, 2.05) is 0 Å². The maximum absolute atomic E-state index is 5.57. The molecule has 0 radical (unpaired) electrons. The van der Waals surface area contributed by atoms with Gasteiger partial charge in [0.25, 0.3) is 0 Å². The molecule has 1 saturated heterocycles. The zero-order chi connectivity index (χ0) is 8.54. The van der Waals surface area contributed by atoms with Gasteiger partial charge < -0.3 is 10.5 Å². The average molecular weight is 157 g/mol. The molecule has 2 heteroatoms. The lowest BCUT2D eigenvalue weighted by atomic mass is 9.63. The summed E-state index contributed by atoms with van der Waals surface area (Å²) in [5.74, 6) is 0. The fourth-order valence-electron chi connectivity index (χ4n) is 1.58. The normalized spacial score (nSPS) is 22.9. The van der Waals surface area contributed by atoms with Gasteiger partial charge in [0.2, 0.25) is 0 Å². The van der Waals surface area contributed by atoms with Crippen LogP contribution in [-0.2, 0) is 4.74 Å². The van der Waals surface area contributed by atoms with E-state index in [2.05, 4.69) is 20.8 Å². The highest BCUT2D eigenvalue weighted by molar-refractivity contribution is 4.95. The van der Waals surface area contributed by atoms with E-state index >= 15 is 0 Å².